The van der Waals surface area contributed by atoms with Gasteiger partial charge in [-0.1, -0.05) is 0 Å². The van der Waals surface area contributed by atoms with Crippen LogP contribution in [0.3, 0.4) is 0 Å². The van der Waals surface area contributed by atoms with E-state index in [0.717, 1.165) is 28.5 Å². The molecule has 0 spiro atoms. The number of nitrogens with zero attached hydrogens (tertiary/aromatic N) is 3. The molecule has 5 nitrogen and oxygen atoms in total. The Morgan fingerprint density at radius 1 is 1.50 bits per heavy atom. The van der Waals surface area contributed by atoms with Crippen molar-refractivity contribution in [2.24, 2.45) is 5.84 Å². The van der Waals surface area contributed by atoms with Gasteiger partial charge in [0, 0.05) is 29.7 Å². The van der Waals surface area contributed by atoms with E-state index in [9.17, 15) is 0 Å². The molecule has 2 rings (SSSR count). The maximum absolute atomic E-state index is 5.66. The van der Waals surface area contributed by atoms with Crippen LogP contribution in [0.2, 0.25) is 0 Å². The second-order valence-electron chi connectivity index (χ2n) is 4.30. The SMILES string of the molecule is CCn1nc(C)cc1CC(NN)c1cnc(C)s1. The first-order valence-corrected chi connectivity index (χ1v) is 6.87. The normalized spacial score (nSPS) is 12.9. The maximum atomic E-state index is 5.66. The third kappa shape index (κ3) is 2.77. The van der Waals surface area contributed by atoms with Crippen molar-refractivity contribution in [3.63, 3.8) is 0 Å². The van der Waals surface area contributed by atoms with E-state index in [1.54, 1.807) is 11.3 Å². The van der Waals surface area contributed by atoms with Gasteiger partial charge in [-0.2, -0.15) is 5.10 Å². The highest BCUT2D eigenvalue weighted by Gasteiger charge is 2.16. The van der Waals surface area contributed by atoms with Crippen LogP contribution >= 0.6 is 11.3 Å². The highest BCUT2D eigenvalue weighted by atomic mass is 32.1. The number of rotatable bonds is 5. The van der Waals surface area contributed by atoms with E-state index in [1.807, 2.05) is 24.7 Å². The van der Waals surface area contributed by atoms with Gasteiger partial charge >= 0.3 is 0 Å². The van der Waals surface area contributed by atoms with Crippen LogP contribution in [0.1, 0.15) is 34.2 Å². The number of thiazole rings is 1. The Kier molecular flexibility index (Phi) is 4.11. The van der Waals surface area contributed by atoms with Gasteiger partial charge in [-0.3, -0.25) is 16.0 Å². The van der Waals surface area contributed by atoms with Crippen molar-refractivity contribution in [1.29, 1.82) is 0 Å². The van der Waals surface area contributed by atoms with Crippen molar-refractivity contribution in [2.75, 3.05) is 0 Å². The molecule has 0 saturated heterocycles. The largest absolute Gasteiger partial charge is 0.271 e. The topological polar surface area (TPSA) is 68.8 Å². The molecular formula is C12H19N5S. The summed E-state index contributed by atoms with van der Waals surface area (Å²) in [7, 11) is 0. The summed E-state index contributed by atoms with van der Waals surface area (Å²) in [4.78, 5) is 5.44. The molecule has 0 fully saturated rings. The zero-order chi connectivity index (χ0) is 13.1. The van der Waals surface area contributed by atoms with Crippen LogP contribution in [-0.4, -0.2) is 14.8 Å². The van der Waals surface area contributed by atoms with Crippen LogP contribution in [-0.2, 0) is 13.0 Å². The van der Waals surface area contributed by atoms with Crippen molar-refractivity contribution in [3.8, 4) is 0 Å². The summed E-state index contributed by atoms with van der Waals surface area (Å²) in [5.41, 5.74) is 5.11. The molecule has 3 N–H and O–H groups in total. The zero-order valence-corrected chi connectivity index (χ0v) is 11.8. The highest BCUT2D eigenvalue weighted by Crippen LogP contribution is 2.23. The van der Waals surface area contributed by atoms with Crippen molar-refractivity contribution in [2.45, 2.75) is 39.8 Å². The minimum absolute atomic E-state index is 0.0950. The summed E-state index contributed by atoms with van der Waals surface area (Å²) in [6, 6.07) is 2.21. The van der Waals surface area contributed by atoms with Crippen LogP contribution in [0.15, 0.2) is 12.3 Å². The lowest BCUT2D eigenvalue weighted by molar-refractivity contribution is 0.522. The number of nitrogens with one attached hydrogen (secondary N) is 1. The second kappa shape index (κ2) is 5.60. The number of hydrogen-bond acceptors (Lipinski definition) is 5. The Morgan fingerprint density at radius 2 is 2.28 bits per heavy atom. The average molecular weight is 265 g/mol. The lowest BCUT2D eigenvalue weighted by Gasteiger charge is -2.14. The molecule has 2 aromatic heterocycles. The first-order chi connectivity index (χ1) is 8.63. The van der Waals surface area contributed by atoms with Crippen LogP contribution in [0.5, 0.6) is 0 Å². The lowest BCUT2D eigenvalue weighted by atomic mass is 10.1. The fourth-order valence-electron chi connectivity index (χ4n) is 2.03. The molecular weight excluding hydrogens is 246 g/mol. The third-order valence-corrected chi connectivity index (χ3v) is 3.91. The Hall–Kier alpha value is -1.24. The standard InChI is InChI=1S/C12H19N5S/c1-4-17-10(5-8(2)16-17)6-11(15-13)12-7-14-9(3)18-12/h5,7,11,15H,4,6,13H2,1-3H3. The Balaban J connectivity index is 2.19. The Bertz CT molecular complexity index is 516. The van der Waals surface area contributed by atoms with Gasteiger partial charge in [0.1, 0.15) is 0 Å². The number of aromatic nitrogens is 3. The van der Waals surface area contributed by atoms with Crippen molar-refractivity contribution < 1.29 is 0 Å². The van der Waals surface area contributed by atoms with E-state index in [2.05, 4.69) is 28.5 Å². The van der Waals surface area contributed by atoms with E-state index in [0.29, 0.717) is 0 Å². The number of hydrogen-bond donors (Lipinski definition) is 2. The fourth-order valence-corrected chi connectivity index (χ4v) is 2.87. The van der Waals surface area contributed by atoms with Gasteiger partial charge in [-0.25, -0.2) is 4.98 Å². The number of hydrazine groups is 1. The molecule has 6 heteroatoms. The van der Waals surface area contributed by atoms with Crippen molar-refractivity contribution in [3.05, 3.63) is 33.5 Å². The average Bonchev–Trinajstić information content (AvgIpc) is 2.92. The monoisotopic (exact) mass is 265 g/mol. The molecule has 0 saturated carbocycles. The molecule has 0 aliphatic heterocycles. The summed E-state index contributed by atoms with van der Waals surface area (Å²) in [6.07, 6.45) is 2.72. The summed E-state index contributed by atoms with van der Waals surface area (Å²) < 4.78 is 2.02. The Morgan fingerprint density at radius 3 is 2.83 bits per heavy atom. The van der Waals surface area contributed by atoms with Gasteiger partial charge in [0.2, 0.25) is 0 Å². The van der Waals surface area contributed by atoms with Crippen molar-refractivity contribution in [1.82, 2.24) is 20.2 Å². The molecule has 98 valence electrons. The predicted octanol–water partition coefficient (Wildman–Crippen LogP) is 1.72. The highest BCUT2D eigenvalue weighted by molar-refractivity contribution is 7.11. The predicted molar refractivity (Wildman–Crippen MR) is 73.3 cm³/mol. The van der Waals surface area contributed by atoms with Crippen LogP contribution < -0.4 is 11.3 Å². The van der Waals surface area contributed by atoms with E-state index in [1.165, 1.54) is 5.69 Å². The quantitative estimate of drug-likeness (QED) is 0.638. The molecule has 2 heterocycles. The van der Waals surface area contributed by atoms with Gasteiger partial charge in [-0.05, 0) is 26.8 Å². The first kappa shape index (κ1) is 13.2. The zero-order valence-electron chi connectivity index (χ0n) is 11.0. The smallest absolute Gasteiger partial charge is 0.0897 e. The molecule has 0 aromatic carbocycles. The molecule has 18 heavy (non-hydrogen) atoms. The van der Waals surface area contributed by atoms with E-state index in [4.69, 9.17) is 5.84 Å². The molecule has 0 aliphatic rings. The van der Waals surface area contributed by atoms with Gasteiger partial charge in [0.25, 0.3) is 0 Å². The van der Waals surface area contributed by atoms with Gasteiger partial charge < -0.3 is 0 Å². The minimum atomic E-state index is 0.0950. The number of nitrogens with two attached hydrogens (primary N) is 1. The van der Waals surface area contributed by atoms with Gasteiger partial charge in [0.05, 0.1) is 16.7 Å². The number of aryl methyl sites for hydroxylation is 3. The van der Waals surface area contributed by atoms with Crippen LogP contribution in [0, 0.1) is 13.8 Å². The fraction of sp³-hybridized carbons (Fsp3) is 0.500. The molecule has 1 atom stereocenters. The Labute approximate surface area is 111 Å². The summed E-state index contributed by atoms with van der Waals surface area (Å²) in [5.74, 6) is 5.66. The first-order valence-electron chi connectivity index (χ1n) is 6.05. The van der Waals surface area contributed by atoms with Crippen LogP contribution in [0.4, 0.5) is 0 Å². The molecule has 0 radical (unpaired) electrons. The van der Waals surface area contributed by atoms with Gasteiger partial charge in [0.15, 0.2) is 0 Å². The van der Waals surface area contributed by atoms with Gasteiger partial charge in [-0.15, -0.1) is 11.3 Å². The molecule has 2 aromatic rings. The molecule has 1 unspecified atom stereocenters. The molecule has 0 aliphatic carbocycles. The molecule has 0 bridgehead atoms. The second-order valence-corrected chi connectivity index (χ2v) is 5.56. The minimum Gasteiger partial charge on any atom is -0.271 e. The summed E-state index contributed by atoms with van der Waals surface area (Å²) in [6.45, 7) is 6.99. The third-order valence-electron chi connectivity index (χ3n) is 2.88. The summed E-state index contributed by atoms with van der Waals surface area (Å²) >= 11 is 1.68. The van der Waals surface area contributed by atoms with Crippen LogP contribution in [0.25, 0.3) is 0 Å². The van der Waals surface area contributed by atoms with Crippen molar-refractivity contribution >= 4 is 11.3 Å². The van der Waals surface area contributed by atoms with E-state index in [-0.39, 0.29) is 6.04 Å². The van der Waals surface area contributed by atoms with E-state index < -0.39 is 0 Å². The van der Waals surface area contributed by atoms with E-state index >= 15 is 0 Å². The summed E-state index contributed by atoms with van der Waals surface area (Å²) in [5, 5.41) is 5.51. The maximum Gasteiger partial charge on any atom is 0.0897 e. The lowest BCUT2D eigenvalue weighted by Crippen LogP contribution is -2.29. The molecule has 0 amide bonds.